The van der Waals surface area contributed by atoms with Gasteiger partial charge in [0.1, 0.15) is 0 Å². The summed E-state index contributed by atoms with van der Waals surface area (Å²) in [5.41, 5.74) is 0.642. The van der Waals surface area contributed by atoms with Gasteiger partial charge in [0, 0.05) is 17.3 Å². The maximum atomic E-state index is 13.0. The van der Waals surface area contributed by atoms with Gasteiger partial charge in [-0.3, -0.25) is 9.59 Å². The molecular formula is C16H11F2N3O2. The van der Waals surface area contributed by atoms with Crippen molar-refractivity contribution >= 4 is 17.5 Å². The Hall–Kier alpha value is -3.27. The van der Waals surface area contributed by atoms with E-state index in [0.29, 0.717) is 5.56 Å². The maximum Gasteiger partial charge on any atom is 0.251 e. The van der Waals surface area contributed by atoms with Crippen LogP contribution in [0.3, 0.4) is 0 Å². The van der Waals surface area contributed by atoms with E-state index in [0.717, 1.165) is 12.1 Å². The summed E-state index contributed by atoms with van der Waals surface area (Å²) in [6.07, 6.45) is 0. The Kier molecular flexibility index (Phi) is 5.00. The maximum absolute atomic E-state index is 13.0. The molecule has 0 saturated heterocycles. The molecule has 2 amide bonds. The van der Waals surface area contributed by atoms with Crippen LogP contribution < -0.4 is 10.6 Å². The van der Waals surface area contributed by atoms with Gasteiger partial charge in [-0.15, -0.1) is 0 Å². The van der Waals surface area contributed by atoms with Crippen molar-refractivity contribution in [2.24, 2.45) is 0 Å². The number of carbonyl (C=O) groups excluding carboxylic acids is 2. The van der Waals surface area contributed by atoms with Crippen molar-refractivity contribution in [3.05, 3.63) is 65.2 Å². The zero-order valence-electron chi connectivity index (χ0n) is 11.8. The number of amides is 2. The number of hydrogen-bond acceptors (Lipinski definition) is 3. The smallest absolute Gasteiger partial charge is 0.251 e. The van der Waals surface area contributed by atoms with Gasteiger partial charge >= 0.3 is 0 Å². The molecule has 2 aromatic rings. The summed E-state index contributed by atoms with van der Waals surface area (Å²) in [4.78, 5) is 23.5. The number of halogens is 2. The number of nitriles is 1. The van der Waals surface area contributed by atoms with Crippen molar-refractivity contribution in [2.45, 2.75) is 0 Å². The second kappa shape index (κ2) is 7.13. The largest absolute Gasteiger partial charge is 0.343 e. The first-order chi connectivity index (χ1) is 11.0. The van der Waals surface area contributed by atoms with Crippen LogP contribution in [0.1, 0.15) is 15.9 Å². The lowest BCUT2D eigenvalue weighted by molar-refractivity contribution is -0.115. The zero-order chi connectivity index (χ0) is 16.8. The fourth-order valence-corrected chi connectivity index (χ4v) is 1.77. The highest BCUT2D eigenvalue weighted by atomic mass is 19.2. The zero-order valence-corrected chi connectivity index (χ0v) is 11.8. The van der Waals surface area contributed by atoms with E-state index in [9.17, 15) is 18.4 Å². The first kappa shape index (κ1) is 16.1. The van der Waals surface area contributed by atoms with Gasteiger partial charge in [-0.25, -0.2) is 8.78 Å². The fourth-order valence-electron chi connectivity index (χ4n) is 1.77. The number of rotatable bonds is 4. The molecule has 2 rings (SSSR count). The van der Waals surface area contributed by atoms with Crippen LogP contribution in [0.4, 0.5) is 14.5 Å². The number of nitrogens with zero attached hydrogens (tertiary/aromatic N) is 1. The second-order valence-corrected chi connectivity index (χ2v) is 4.55. The molecule has 0 saturated carbocycles. The van der Waals surface area contributed by atoms with E-state index in [1.54, 1.807) is 12.1 Å². The fraction of sp³-hybridized carbons (Fsp3) is 0.0625. The average molecular weight is 315 g/mol. The molecule has 0 bridgehead atoms. The minimum atomic E-state index is -1.08. The van der Waals surface area contributed by atoms with Crippen LogP contribution in [0.25, 0.3) is 0 Å². The molecule has 0 aliphatic carbocycles. The molecular weight excluding hydrogens is 304 g/mol. The first-order valence-corrected chi connectivity index (χ1v) is 6.53. The Morgan fingerprint density at radius 3 is 2.57 bits per heavy atom. The van der Waals surface area contributed by atoms with Crippen molar-refractivity contribution in [2.75, 3.05) is 11.9 Å². The highest BCUT2D eigenvalue weighted by Crippen LogP contribution is 2.12. The lowest BCUT2D eigenvalue weighted by Gasteiger charge is -2.07. The normalized spacial score (nSPS) is 9.78. The summed E-state index contributed by atoms with van der Waals surface area (Å²) in [6, 6.07) is 10.8. The molecule has 2 N–H and O–H groups in total. The predicted molar refractivity (Wildman–Crippen MR) is 78.5 cm³/mol. The number of benzene rings is 2. The monoisotopic (exact) mass is 315 g/mol. The number of nitrogens with one attached hydrogen (secondary N) is 2. The summed E-state index contributed by atoms with van der Waals surface area (Å²) in [5.74, 6) is -3.22. The van der Waals surface area contributed by atoms with Crippen LogP contribution in [0.2, 0.25) is 0 Å². The average Bonchev–Trinajstić information content (AvgIpc) is 2.56. The highest BCUT2D eigenvalue weighted by molar-refractivity contribution is 5.99. The van der Waals surface area contributed by atoms with Crippen LogP contribution >= 0.6 is 0 Å². The van der Waals surface area contributed by atoms with Crippen molar-refractivity contribution in [1.82, 2.24) is 5.32 Å². The third-order valence-electron chi connectivity index (χ3n) is 2.87. The molecule has 23 heavy (non-hydrogen) atoms. The molecule has 0 aromatic heterocycles. The molecule has 0 heterocycles. The van der Waals surface area contributed by atoms with Crippen molar-refractivity contribution in [3.63, 3.8) is 0 Å². The van der Waals surface area contributed by atoms with Gasteiger partial charge in [0.25, 0.3) is 5.91 Å². The molecule has 116 valence electrons. The van der Waals surface area contributed by atoms with E-state index >= 15 is 0 Å². The Balaban J connectivity index is 1.92. The lowest BCUT2D eigenvalue weighted by atomic mass is 10.1. The van der Waals surface area contributed by atoms with Crippen molar-refractivity contribution < 1.29 is 18.4 Å². The molecule has 5 nitrogen and oxygen atoms in total. The van der Waals surface area contributed by atoms with Gasteiger partial charge in [-0.05, 0) is 30.3 Å². The summed E-state index contributed by atoms with van der Waals surface area (Å²) in [5, 5.41) is 13.5. The van der Waals surface area contributed by atoms with E-state index < -0.39 is 23.4 Å². The number of hydrogen-bond donors (Lipinski definition) is 2. The van der Waals surface area contributed by atoms with Crippen LogP contribution in [-0.2, 0) is 4.79 Å². The van der Waals surface area contributed by atoms with Crippen molar-refractivity contribution in [1.29, 1.82) is 5.26 Å². The third kappa shape index (κ3) is 4.35. The first-order valence-electron chi connectivity index (χ1n) is 6.53. The van der Waals surface area contributed by atoms with Gasteiger partial charge in [-0.1, -0.05) is 6.07 Å². The van der Waals surface area contributed by atoms with E-state index in [-0.39, 0.29) is 17.8 Å². The Morgan fingerprint density at radius 1 is 1.09 bits per heavy atom. The van der Waals surface area contributed by atoms with E-state index in [4.69, 9.17) is 5.26 Å². The van der Waals surface area contributed by atoms with Gasteiger partial charge in [0.05, 0.1) is 18.2 Å². The summed E-state index contributed by atoms with van der Waals surface area (Å²) < 4.78 is 25.8. The molecule has 0 unspecified atom stereocenters. The summed E-state index contributed by atoms with van der Waals surface area (Å²) in [6.45, 7) is -0.353. The van der Waals surface area contributed by atoms with Crippen LogP contribution in [-0.4, -0.2) is 18.4 Å². The molecule has 0 aliphatic heterocycles. The topological polar surface area (TPSA) is 82.0 Å². The minimum Gasteiger partial charge on any atom is -0.343 e. The van der Waals surface area contributed by atoms with Crippen LogP contribution in [0.15, 0.2) is 42.5 Å². The number of anilines is 1. The highest BCUT2D eigenvalue weighted by Gasteiger charge is 2.10. The molecule has 7 heteroatoms. The van der Waals surface area contributed by atoms with Gasteiger partial charge in [-0.2, -0.15) is 5.26 Å². The molecule has 0 fully saturated rings. The van der Waals surface area contributed by atoms with E-state index in [1.165, 1.54) is 18.2 Å². The summed E-state index contributed by atoms with van der Waals surface area (Å²) in [7, 11) is 0. The van der Waals surface area contributed by atoms with Gasteiger partial charge < -0.3 is 10.6 Å². The SMILES string of the molecule is N#Cc1cccc(C(=O)NCC(=O)Nc2ccc(F)c(F)c2)c1. The van der Waals surface area contributed by atoms with Crippen LogP contribution in [0.5, 0.6) is 0 Å². The molecule has 2 aromatic carbocycles. The third-order valence-corrected chi connectivity index (χ3v) is 2.87. The Labute approximate surface area is 130 Å². The van der Waals surface area contributed by atoms with Crippen molar-refractivity contribution in [3.8, 4) is 6.07 Å². The lowest BCUT2D eigenvalue weighted by Crippen LogP contribution is -2.32. The van der Waals surface area contributed by atoms with Crippen LogP contribution in [0, 0.1) is 23.0 Å². The van der Waals surface area contributed by atoms with Gasteiger partial charge in [0.2, 0.25) is 5.91 Å². The van der Waals surface area contributed by atoms with E-state index in [1.807, 2.05) is 6.07 Å². The standard InChI is InChI=1S/C16H11F2N3O2/c17-13-5-4-12(7-14(13)18)21-15(22)9-20-16(23)11-3-1-2-10(6-11)8-19/h1-7H,9H2,(H,20,23)(H,21,22). The van der Waals surface area contributed by atoms with E-state index in [2.05, 4.69) is 10.6 Å². The summed E-state index contributed by atoms with van der Waals surface area (Å²) >= 11 is 0. The predicted octanol–water partition coefficient (Wildman–Crippen LogP) is 2.20. The molecule has 0 aliphatic rings. The Bertz CT molecular complexity index is 800. The molecule has 0 spiro atoms. The van der Waals surface area contributed by atoms with Gasteiger partial charge in [0.15, 0.2) is 11.6 Å². The second-order valence-electron chi connectivity index (χ2n) is 4.55. The molecule has 0 atom stereocenters. The quantitative estimate of drug-likeness (QED) is 0.907. The Morgan fingerprint density at radius 2 is 1.87 bits per heavy atom. The minimum absolute atomic E-state index is 0.0784. The molecule has 0 radical (unpaired) electrons. The number of carbonyl (C=O) groups is 2.